The summed E-state index contributed by atoms with van der Waals surface area (Å²) in [6.07, 6.45) is 2.67. The Balaban J connectivity index is 2.15. The van der Waals surface area contributed by atoms with Crippen LogP contribution in [0.5, 0.6) is 0 Å². The van der Waals surface area contributed by atoms with Crippen molar-refractivity contribution >= 4 is 0 Å². The molecular weight excluding hydrogens is 196 g/mol. The topological polar surface area (TPSA) is 24.1 Å². The zero-order valence-corrected chi connectivity index (χ0v) is 11.8. The van der Waals surface area contributed by atoms with E-state index in [1.54, 1.807) is 0 Å². The Labute approximate surface area is 102 Å². The largest absolute Gasteiger partial charge is 0.315 e. The molecule has 0 radical (unpaired) electrons. The summed E-state index contributed by atoms with van der Waals surface area (Å²) >= 11 is 0. The number of nitrogens with one attached hydrogen (secondary N) is 2. The molecule has 0 bridgehead atoms. The molecule has 0 saturated carbocycles. The molecule has 1 aliphatic rings. The van der Waals surface area contributed by atoms with E-state index in [-0.39, 0.29) is 0 Å². The minimum absolute atomic E-state index is 0.417. The van der Waals surface area contributed by atoms with Crippen molar-refractivity contribution in [3.63, 3.8) is 0 Å². The van der Waals surface area contributed by atoms with Gasteiger partial charge in [0.2, 0.25) is 0 Å². The average molecular weight is 226 g/mol. The van der Waals surface area contributed by atoms with E-state index in [4.69, 9.17) is 0 Å². The maximum absolute atomic E-state index is 3.62. The van der Waals surface area contributed by atoms with E-state index < -0.39 is 0 Å². The highest BCUT2D eigenvalue weighted by molar-refractivity contribution is 4.79. The molecule has 2 N–H and O–H groups in total. The fourth-order valence-electron chi connectivity index (χ4n) is 2.16. The van der Waals surface area contributed by atoms with Crippen molar-refractivity contribution in [2.24, 2.45) is 17.3 Å². The molecule has 0 aromatic carbocycles. The summed E-state index contributed by atoms with van der Waals surface area (Å²) in [5, 5.41) is 7.22. The average Bonchev–Trinajstić information content (AvgIpc) is 2.16. The summed E-state index contributed by atoms with van der Waals surface area (Å²) in [5.41, 5.74) is 0.417. The first kappa shape index (κ1) is 14.0. The second-order valence-corrected chi connectivity index (χ2v) is 6.71. The third-order valence-electron chi connectivity index (χ3n) is 4.08. The summed E-state index contributed by atoms with van der Waals surface area (Å²) in [5.74, 6) is 1.63. The van der Waals surface area contributed by atoms with Crippen LogP contribution in [0.25, 0.3) is 0 Å². The Bertz CT molecular complexity index is 195. The Morgan fingerprint density at radius 3 is 2.62 bits per heavy atom. The molecule has 1 rings (SSSR count). The monoisotopic (exact) mass is 226 g/mol. The van der Waals surface area contributed by atoms with Crippen LogP contribution in [0.15, 0.2) is 0 Å². The Morgan fingerprint density at radius 1 is 1.38 bits per heavy atom. The number of hydrogen-bond donors (Lipinski definition) is 2. The molecule has 2 heteroatoms. The van der Waals surface area contributed by atoms with Gasteiger partial charge in [-0.25, -0.2) is 0 Å². The van der Waals surface area contributed by atoms with Crippen molar-refractivity contribution in [3.05, 3.63) is 0 Å². The molecule has 3 unspecified atom stereocenters. The smallest absolute Gasteiger partial charge is 0.0195 e. The number of piperidine rings is 1. The molecule has 2 nitrogen and oxygen atoms in total. The van der Waals surface area contributed by atoms with E-state index in [1.807, 2.05) is 0 Å². The lowest BCUT2D eigenvalue weighted by Crippen LogP contribution is -2.45. The van der Waals surface area contributed by atoms with Gasteiger partial charge in [0.1, 0.15) is 0 Å². The van der Waals surface area contributed by atoms with Gasteiger partial charge in [-0.15, -0.1) is 0 Å². The second kappa shape index (κ2) is 6.02. The standard InChI is InChI=1S/C14H30N2/c1-11-6-7-16-13(8-11)10-15-9-12(2)14(3,4)5/h11-13,15-16H,6-10H2,1-5H3. The maximum Gasteiger partial charge on any atom is 0.0195 e. The molecule has 1 heterocycles. The lowest BCUT2D eigenvalue weighted by atomic mass is 9.82. The zero-order valence-electron chi connectivity index (χ0n) is 11.8. The molecule has 0 spiro atoms. The van der Waals surface area contributed by atoms with Crippen molar-refractivity contribution in [1.82, 2.24) is 10.6 Å². The molecule has 1 saturated heterocycles. The van der Waals surface area contributed by atoms with Gasteiger partial charge in [-0.1, -0.05) is 34.6 Å². The van der Waals surface area contributed by atoms with Crippen LogP contribution >= 0.6 is 0 Å². The summed E-state index contributed by atoms with van der Waals surface area (Å²) in [6.45, 7) is 15.1. The third-order valence-corrected chi connectivity index (χ3v) is 4.08. The van der Waals surface area contributed by atoms with Gasteiger partial charge >= 0.3 is 0 Å². The van der Waals surface area contributed by atoms with Crippen LogP contribution in [-0.4, -0.2) is 25.7 Å². The molecule has 0 aromatic heterocycles. The second-order valence-electron chi connectivity index (χ2n) is 6.71. The SMILES string of the molecule is CC1CCNC(CNCC(C)C(C)(C)C)C1. The molecule has 1 aliphatic heterocycles. The van der Waals surface area contributed by atoms with Gasteiger partial charge in [0.15, 0.2) is 0 Å². The summed E-state index contributed by atoms with van der Waals surface area (Å²) in [6, 6.07) is 0.691. The van der Waals surface area contributed by atoms with Gasteiger partial charge < -0.3 is 10.6 Å². The molecule has 0 aromatic rings. The predicted molar refractivity (Wildman–Crippen MR) is 71.7 cm³/mol. The lowest BCUT2D eigenvalue weighted by Gasteiger charge is -2.31. The van der Waals surface area contributed by atoms with Crippen LogP contribution in [0.1, 0.15) is 47.5 Å². The molecule has 96 valence electrons. The first-order valence-electron chi connectivity index (χ1n) is 6.83. The highest BCUT2D eigenvalue weighted by atomic mass is 15.0. The summed E-state index contributed by atoms with van der Waals surface area (Å²) in [4.78, 5) is 0. The summed E-state index contributed by atoms with van der Waals surface area (Å²) < 4.78 is 0. The van der Waals surface area contributed by atoms with E-state index in [0.717, 1.165) is 24.9 Å². The quantitative estimate of drug-likeness (QED) is 0.770. The molecule has 0 amide bonds. The predicted octanol–water partition coefficient (Wildman–Crippen LogP) is 2.65. The maximum atomic E-state index is 3.62. The summed E-state index contributed by atoms with van der Waals surface area (Å²) in [7, 11) is 0. The highest BCUT2D eigenvalue weighted by Crippen LogP contribution is 2.24. The minimum Gasteiger partial charge on any atom is -0.315 e. The van der Waals surface area contributed by atoms with Gasteiger partial charge in [0, 0.05) is 12.6 Å². The normalized spacial score (nSPS) is 29.1. The van der Waals surface area contributed by atoms with Crippen molar-refractivity contribution in [1.29, 1.82) is 0 Å². The van der Waals surface area contributed by atoms with Crippen LogP contribution in [0.4, 0.5) is 0 Å². The Hall–Kier alpha value is -0.0800. The fraction of sp³-hybridized carbons (Fsp3) is 1.00. The highest BCUT2D eigenvalue weighted by Gasteiger charge is 2.21. The van der Waals surface area contributed by atoms with Gasteiger partial charge in [0.25, 0.3) is 0 Å². The van der Waals surface area contributed by atoms with Crippen molar-refractivity contribution in [2.75, 3.05) is 19.6 Å². The Kier molecular flexibility index (Phi) is 5.26. The van der Waals surface area contributed by atoms with E-state index in [2.05, 4.69) is 45.3 Å². The Morgan fingerprint density at radius 2 is 2.06 bits per heavy atom. The van der Waals surface area contributed by atoms with Crippen molar-refractivity contribution in [3.8, 4) is 0 Å². The zero-order chi connectivity index (χ0) is 12.2. The third kappa shape index (κ3) is 4.84. The van der Waals surface area contributed by atoms with E-state index in [9.17, 15) is 0 Å². The van der Waals surface area contributed by atoms with Gasteiger partial charge in [0.05, 0.1) is 0 Å². The van der Waals surface area contributed by atoms with Crippen LogP contribution in [0.2, 0.25) is 0 Å². The van der Waals surface area contributed by atoms with E-state index >= 15 is 0 Å². The van der Waals surface area contributed by atoms with Crippen LogP contribution in [0, 0.1) is 17.3 Å². The van der Waals surface area contributed by atoms with Gasteiger partial charge in [-0.2, -0.15) is 0 Å². The molecular formula is C14H30N2. The van der Waals surface area contributed by atoms with E-state index in [0.29, 0.717) is 11.5 Å². The first-order valence-corrected chi connectivity index (χ1v) is 6.83. The number of rotatable bonds is 4. The molecule has 3 atom stereocenters. The molecule has 0 aliphatic carbocycles. The van der Waals surface area contributed by atoms with Crippen LogP contribution in [0.3, 0.4) is 0 Å². The molecule has 16 heavy (non-hydrogen) atoms. The van der Waals surface area contributed by atoms with E-state index in [1.165, 1.54) is 19.4 Å². The lowest BCUT2D eigenvalue weighted by molar-refractivity contribution is 0.243. The van der Waals surface area contributed by atoms with Crippen LogP contribution in [-0.2, 0) is 0 Å². The van der Waals surface area contributed by atoms with Crippen molar-refractivity contribution in [2.45, 2.75) is 53.5 Å². The van der Waals surface area contributed by atoms with Crippen LogP contribution < -0.4 is 10.6 Å². The fourth-order valence-corrected chi connectivity index (χ4v) is 2.16. The van der Waals surface area contributed by atoms with Crippen molar-refractivity contribution < 1.29 is 0 Å². The van der Waals surface area contributed by atoms with Gasteiger partial charge in [-0.3, -0.25) is 0 Å². The van der Waals surface area contributed by atoms with Gasteiger partial charge in [-0.05, 0) is 43.2 Å². The number of hydrogen-bond acceptors (Lipinski definition) is 2. The minimum atomic E-state index is 0.417. The first-order chi connectivity index (χ1) is 7.39. The molecule has 1 fully saturated rings.